The van der Waals surface area contributed by atoms with Crippen LogP contribution in [0.4, 0.5) is 5.69 Å². The van der Waals surface area contributed by atoms with Gasteiger partial charge in [-0.05, 0) is 73.0 Å². The zero-order chi connectivity index (χ0) is 31.0. The van der Waals surface area contributed by atoms with Crippen molar-refractivity contribution in [2.45, 2.75) is 54.6 Å². The molecule has 0 aliphatic rings. The number of nitrogens with one attached hydrogen (secondary N) is 1. The summed E-state index contributed by atoms with van der Waals surface area (Å²) in [6.45, 7) is 6.24. The van der Waals surface area contributed by atoms with Crippen LogP contribution >= 0.6 is 34.7 Å². The maximum atomic E-state index is 13.3. The van der Waals surface area contributed by atoms with Crippen LogP contribution in [0.15, 0.2) is 81.9 Å². The standard InChI is InChI=1S/C32H32ClN3O4S3/c1-32(2,3)29-20-42-30(36-29)21-41-25-8-4-7-23(19-25)31(37)35-27-18-22(9-14-28(27)40-16-15-34)6-5-17-43(38,39)26-12-10-24(33)11-13-26/h4,7-14,18-20H,5-6,16-17,21H2,1-3H3,(H,35,37). The number of benzene rings is 3. The van der Waals surface area contributed by atoms with Crippen molar-refractivity contribution in [3.63, 3.8) is 0 Å². The zero-order valence-electron chi connectivity index (χ0n) is 24.1. The molecule has 0 aliphatic carbocycles. The highest BCUT2D eigenvalue weighted by Gasteiger charge is 2.18. The number of ether oxygens (including phenoxy) is 1. The van der Waals surface area contributed by atoms with E-state index in [2.05, 4.69) is 31.5 Å². The number of nitriles is 1. The lowest BCUT2D eigenvalue weighted by atomic mass is 9.93. The van der Waals surface area contributed by atoms with Gasteiger partial charge in [0.1, 0.15) is 16.8 Å². The average Bonchev–Trinajstić information content (AvgIpc) is 3.46. The van der Waals surface area contributed by atoms with Crippen molar-refractivity contribution in [3.05, 3.63) is 99.0 Å². The molecule has 1 heterocycles. The number of carbonyl (C=O) groups excluding carboxylic acids is 1. The normalized spacial score (nSPS) is 11.6. The van der Waals surface area contributed by atoms with Crippen LogP contribution in [0.2, 0.25) is 5.02 Å². The number of sulfone groups is 1. The van der Waals surface area contributed by atoms with Gasteiger partial charge in [-0.15, -0.1) is 23.1 Å². The summed E-state index contributed by atoms with van der Waals surface area (Å²) < 4.78 is 31.0. The van der Waals surface area contributed by atoms with E-state index in [1.165, 1.54) is 12.1 Å². The predicted molar refractivity (Wildman–Crippen MR) is 174 cm³/mol. The van der Waals surface area contributed by atoms with E-state index in [0.29, 0.717) is 40.6 Å². The van der Waals surface area contributed by atoms with Gasteiger partial charge < -0.3 is 10.1 Å². The van der Waals surface area contributed by atoms with Gasteiger partial charge in [0, 0.05) is 26.3 Å². The quantitative estimate of drug-likeness (QED) is 0.155. The Kier molecular flexibility index (Phi) is 10.9. The molecule has 11 heteroatoms. The summed E-state index contributed by atoms with van der Waals surface area (Å²) in [6.07, 6.45) is 0.848. The highest BCUT2D eigenvalue weighted by atomic mass is 35.5. The van der Waals surface area contributed by atoms with Gasteiger partial charge in [-0.25, -0.2) is 13.4 Å². The molecule has 43 heavy (non-hydrogen) atoms. The number of carbonyl (C=O) groups is 1. The van der Waals surface area contributed by atoms with Gasteiger partial charge in [0.2, 0.25) is 0 Å². The molecule has 0 aliphatic heterocycles. The summed E-state index contributed by atoms with van der Waals surface area (Å²) in [5, 5.41) is 15.5. The Labute approximate surface area is 266 Å². The summed E-state index contributed by atoms with van der Waals surface area (Å²) in [4.78, 5) is 19.2. The molecule has 0 fully saturated rings. The second-order valence-electron chi connectivity index (χ2n) is 10.8. The number of nitrogens with zero attached hydrogens (tertiary/aromatic N) is 2. The molecule has 4 aromatic rings. The van der Waals surface area contributed by atoms with Crippen molar-refractivity contribution in [1.29, 1.82) is 5.26 Å². The van der Waals surface area contributed by atoms with E-state index >= 15 is 0 Å². The first kappa shape index (κ1) is 32.6. The van der Waals surface area contributed by atoms with Gasteiger partial charge in [0.25, 0.3) is 5.91 Å². The monoisotopic (exact) mass is 653 g/mol. The number of anilines is 1. The number of thioether (sulfide) groups is 1. The molecule has 3 aromatic carbocycles. The van der Waals surface area contributed by atoms with Gasteiger partial charge in [-0.3, -0.25) is 4.79 Å². The van der Waals surface area contributed by atoms with Crippen molar-refractivity contribution in [1.82, 2.24) is 4.98 Å². The van der Waals surface area contributed by atoms with Gasteiger partial charge in [0.05, 0.1) is 27.8 Å². The van der Waals surface area contributed by atoms with Crippen LogP contribution in [0.5, 0.6) is 5.75 Å². The molecular formula is C32H32ClN3O4S3. The molecule has 224 valence electrons. The average molecular weight is 654 g/mol. The lowest BCUT2D eigenvalue weighted by molar-refractivity contribution is 0.102. The third-order valence-electron chi connectivity index (χ3n) is 6.41. The summed E-state index contributed by atoms with van der Waals surface area (Å²) in [5.41, 5.74) is 2.79. The third-order valence-corrected chi connectivity index (χ3v) is 10.5. The number of rotatable bonds is 12. The topological polar surface area (TPSA) is 109 Å². The minimum Gasteiger partial charge on any atom is -0.477 e. The first-order valence-corrected chi connectivity index (χ1v) is 17.4. The predicted octanol–water partition coefficient (Wildman–Crippen LogP) is 7.95. The van der Waals surface area contributed by atoms with E-state index in [9.17, 15) is 13.2 Å². The number of hydrogen-bond acceptors (Lipinski definition) is 8. The number of aromatic nitrogens is 1. The van der Waals surface area contributed by atoms with E-state index in [1.54, 1.807) is 59.5 Å². The summed E-state index contributed by atoms with van der Waals surface area (Å²) in [6, 6.07) is 20.7. The molecular weight excluding hydrogens is 622 g/mol. The van der Waals surface area contributed by atoms with E-state index in [1.807, 2.05) is 24.3 Å². The third kappa shape index (κ3) is 9.31. The minimum atomic E-state index is -3.46. The van der Waals surface area contributed by atoms with E-state index in [-0.39, 0.29) is 28.6 Å². The number of hydrogen-bond donors (Lipinski definition) is 1. The highest BCUT2D eigenvalue weighted by Crippen LogP contribution is 2.30. The van der Waals surface area contributed by atoms with E-state index < -0.39 is 9.84 Å². The van der Waals surface area contributed by atoms with Crippen molar-refractivity contribution in [2.75, 3.05) is 17.7 Å². The molecule has 7 nitrogen and oxygen atoms in total. The lowest BCUT2D eigenvalue weighted by Crippen LogP contribution is -2.13. The molecule has 0 bridgehead atoms. The van der Waals surface area contributed by atoms with Crippen molar-refractivity contribution in [2.24, 2.45) is 0 Å². The highest BCUT2D eigenvalue weighted by molar-refractivity contribution is 7.98. The summed E-state index contributed by atoms with van der Waals surface area (Å²) >= 11 is 9.13. The molecule has 0 spiro atoms. The Hall–Kier alpha value is -3.36. The van der Waals surface area contributed by atoms with Gasteiger partial charge in [-0.2, -0.15) is 5.26 Å². The largest absolute Gasteiger partial charge is 0.477 e. The molecule has 1 aromatic heterocycles. The smallest absolute Gasteiger partial charge is 0.255 e. The van der Waals surface area contributed by atoms with E-state index in [4.69, 9.17) is 26.6 Å². The maximum absolute atomic E-state index is 13.3. The fourth-order valence-corrected chi connectivity index (χ4v) is 7.51. The Bertz CT molecular complexity index is 1720. The number of aryl methyl sites for hydroxylation is 1. The van der Waals surface area contributed by atoms with Gasteiger partial charge >= 0.3 is 0 Å². The van der Waals surface area contributed by atoms with Crippen LogP contribution in [-0.4, -0.2) is 31.7 Å². The first-order valence-electron chi connectivity index (χ1n) is 13.5. The molecule has 0 saturated carbocycles. The Balaban J connectivity index is 1.42. The van der Waals surface area contributed by atoms with Crippen molar-refractivity contribution in [3.8, 4) is 11.8 Å². The van der Waals surface area contributed by atoms with Gasteiger partial charge in [0.15, 0.2) is 16.4 Å². The first-order chi connectivity index (χ1) is 20.4. The van der Waals surface area contributed by atoms with Crippen LogP contribution in [0, 0.1) is 11.3 Å². The molecule has 1 amide bonds. The van der Waals surface area contributed by atoms with Crippen LogP contribution in [0.25, 0.3) is 0 Å². The molecule has 4 rings (SSSR count). The zero-order valence-corrected chi connectivity index (χ0v) is 27.3. The van der Waals surface area contributed by atoms with E-state index in [0.717, 1.165) is 21.2 Å². The Morgan fingerprint density at radius 1 is 1.12 bits per heavy atom. The van der Waals surface area contributed by atoms with Crippen LogP contribution in [0.1, 0.15) is 53.8 Å². The van der Waals surface area contributed by atoms with Crippen molar-refractivity contribution < 1.29 is 17.9 Å². The van der Waals surface area contributed by atoms with Gasteiger partial charge in [-0.1, -0.05) is 44.5 Å². The minimum absolute atomic E-state index is 0.000357. The summed E-state index contributed by atoms with van der Waals surface area (Å²) in [5.74, 6) is 0.701. The molecule has 0 atom stereocenters. The number of amides is 1. The number of thiazole rings is 1. The lowest BCUT2D eigenvalue weighted by Gasteiger charge is -2.14. The maximum Gasteiger partial charge on any atom is 0.255 e. The number of halogens is 1. The van der Waals surface area contributed by atoms with Crippen LogP contribution in [-0.2, 0) is 27.4 Å². The van der Waals surface area contributed by atoms with Crippen LogP contribution < -0.4 is 10.1 Å². The second kappa shape index (κ2) is 14.4. The molecule has 0 radical (unpaired) electrons. The fraction of sp³-hybridized carbons (Fsp3) is 0.281. The molecule has 1 N–H and O–H groups in total. The van der Waals surface area contributed by atoms with Crippen molar-refractivity contribution >= 4 is 56.1 Å². The SMILES string of the molecule is CC(C)(C)c1csc(CSc2cccc(C(=O)Nc3cc(CCCS(=O)(=O)c4ccc(Cl)cc4)ccc3OCC#N)c2)n1. The Morgan fingerprint density at radius 3 is 2.58 bits per heavy atom. The Morgan fingerprint density at radius 2 is 1.88 bits per heavy atom. The summed E-state index contributed by atoms with van der Waals surface area (Å²) in [7, 11) is -3.46. The molecule has 0 saturated heterocycles. The molecule has 0 unspecified atom stereocenters. The van der Waals surface area contributed by atoms with Crippen LogP contribution in [0.3, 0.4) is 0 Å². The fourth-order valence-electron chi connectivity index (χ4n) is 4.08. The second-order valence-corrected chi connectivity index (χ2v) is 15.3.